The molecule has 3 rings (SSSR count). The topological polar surface area (TPSA) is 62.1 Å². The zero-order valence-corrected chi connectivity index (χ0v) is 13.3. The summed E-state index contributed by atoms with van der Waals surface area (Å²) in [6.07, 6.45) is 1.80. The Morgan fingerprint density at radius 3 is 2.82 bits per heavy atom. The van der Waals surface area contributed by atoms with E-state index in [9.17, 15) is 4.79 Å². The number of benzene rings is 2. The summed E-state index contributed by atoms with van der Waals surface area (Å²) in [7, 11) is 1.60. The molecule has 0 fully saturated rings. The highest BCUT2D eigenvalue weighted by atomic mass is 79.9. The highest BCUT2D eigenvalue weighted by Gasteiger charge is 2.26. The second kappa shape index (κ2) is 5.66. The lowest BCUT2D eigenvalue weighted by Crippen LogP contribution is -2.04. The Bertz CT molecular complexity index is 850. The number of nitrogens with one attached hydrogen (secondary N) is 1. The van der Waals surface area contributed by atoms with Crippen molar-refractivity contribution in [1.29, 1.82) is 5.26 Å². The lowest BCUT2D eigenvalue weighted by Gasteiger charge is -2.04. The van der Waals surface area contributed by atoms with Crippen molar-refractivity contribution in [2.24, 2.45) is 0 Å². The van der Waals surface area contributed by atoms with Crippen LogP contribution in [0.25, 0.3) is 11.6 Å². The first-order valence-electron chi connectivity index (χ1n) is 6.54. The van der Waals surface area contributed by atoms with Crippen LogP contribution in [0.3, 0.4) is 0 Å². The van der Waals surface area contributed by atoms with Gasteiger partial charge in [0.1, 0.15) is 11.8 Å². The van der Waals surface area contributed by atoms with Crippen LogP contribution in [-0.4, -0.2) is 13.0 Å². The van der Waals surface area contributed by atoms with Gasteiger partial charge in [0.05, 0.1) is 22.8 Å². The number of halogens is 1. The van der Waals surface area contributed by atoms with Crippen LogP contribution >= 0.6 is 15.9 Å². The molecule has 4 nitrogen and oxygen atoms in total. The van der Waals surface area contributed by atoms with Crippen LogP contribution in [0.15, 0.2) is 40.9 Å². The van der Waals surface area contributed by atoms with Crippen LogP contribution in [0.1, 0.15) is 16.7 Å². The minimum Gasteiger partial charge on any atom is -0.496 e. The molecule has 22 heavy (non-hydrogen) atoms. The number of anilines is 1. The van der Waals surface area contributed by atoms with E-state index in [0.29, 0.717) is 16.8 Å². The van der Waals surface area contributed by atoms with E-state index in [1.165, 1.54) is 0 Å². The van der Waals surface area contributed by atoms with E-state index in [2.05, 4.69) is 27.3 Å². The van der Waals surface area contributed by atoms with Crippen LogP contribution in [0.4, 0.5) is 5.69 Å². The first-order valence-corrected chi connectivity index (χ1v) is 7.33. The quantitative estimate of drug-likeness (QED) is 0.833. The fraction of sp³-hybridized carbons (Fsp3) is 0.0588. The molecule has 0 bridgehead atoms. The van der Waals surface area contributed by atoms with Crippen LogP contribution < -0.4 is 10.1 Å². The number of methoxy groups -OCH3 is 1. The number of hydrogen-bond acceptors (Lipinski definition) is 3. The van der Waals surface area contributed by atoms with Crippen LogP contribution in [0.5, 0.6) is 5.75 Å². The summed E-state index contributed by atoms with van der Waals surface area (Å²) in [5.41, 5.74) is 3.20. The second-order valence-electron chi connectivity index (χ2n) is 4.75. The molecule has 0 saturated heterocycles. The van der Waals surface area contributed by atoms with Gasteiger partial charge in [-0.2, -0.15) is 5.26 Å². The molecule has 1 aliphatic heterocycles. The third-order valence-electron chi connectivity index (χ3n) is 3.45. The maximum absolute atomic E-state index is 12.2. The van der Waals surface area contributed by atoms with Crippen LogP contribution in [0.2, 0.25) is 0 Å². The van der Waals surface area contributed by atoms with E-state index in [1.807, 2.05) is 24.3 Å². The zero-order valence-electron chi connectivity index (χ0n) is 11.7. The Kier molecular flexibility index (Phi) is 3.70. The molecule has 1 heterocycles. The van der Waals surface area contributed by atoms with Crippen LogP contribution in [0, 0.1) is 11.3 Å². The van der Waals surface area contributed by atoms with E-state index < -0.39 is 0 Å². The summed E-state index contributed by atoms with van der Waals surface area (Å²) in [5.74, 6) is 0.523. The molecule has 0 spiro atoms. The first-order chi connectivity index (χ1) is 10.6. The fourth-order valence-electron chi connectivity index (χ4n) is 2.39. The van der Waals surface area contributed by atoms with E-state index >= 15 is 0 Å². The molecule has 5 heteroatoms. The fourth-order valence-corrected chi connectivity index (χ4v) is 2.95. The third-order valence-corrected chi connectivity index (χ3v) is 4.06. The van der Waals surface area contributed by atoms with Gasteiger partial charge in [0.2, 0.25) is 0 Å². The SMILES string of the molecule is COc1ccc(/C=C2/C(=O)Nc3c(C#N)cccc32)cc1Br. The number of carbonyl (C=O) groups excluding carboxylic acids is 1. The molecule has 0 unspecified atom stereocenters. The molecule has 0 radical (unpaired) electrons. The lowest BCUT2D eigenvalue weighted by molar-refractivity contribution is -0.110. The highest BCUT2D eigenvalue weighted by molar-refractivity contribution is 9.10. The van der Waals surface area contributed by atoms with Gasteiger partial charge in [-0.05, 0) is 45.8 Å². The standard InChI is InChI=1S/C17H11BrN2O2/c1-22-15-6-5-10(8-14(15)18)7-13-12-4-2-3-11(9-19)16(12)20-17(13)21/h2-8H,1H3,(H,20,21)/b13-7+. The maximum atomic E-state index is 12.2. The van der Waals surface area contributed by atoms with Crippen molar-refractivity contribution in [2.45, 2.75) is 0 Å². The molecule has 1 aliphatic rings. The lowest BCUT2D eigenvalue weighted by atomic mass is 10.0. The maximum Gasteiger partial charge on any atom is 0.256 e. The van der Waals surface area contributed by atoms with Gasteiger partial charge in [0.25, 0.3) is 5.91 Å². The number of rotatable bonds is 2. The largest absolute Gasteiger partial charge is 0.496 e. The number of ether oxygens (including phenoxy) is 1. The molecular weight excluding hydrogens is 344 g/mol. The van der Waals surface area contributed by atoms with Gasteiger partial charge in [0.15, 0.2) is 0 Å². The van der Waals surface area contributed by atoms with Gasteiger partial charge in [-0.1, -0.05) is 18.2 Å². The van der Waals surface area contributed by atoms with E-state index in [1.54, 1.807) is 25.3 Å². The number of para-hydroxylation sites is 1. The summed E-state index contributed by atoms with van der Waals surface area (Å²) < 4.78 is 6.01. The predicted molar refractivity (Wildman–Crippen MR) is 88.4 cm³/mol. The van der Waals surface area contributed by atoms with E-state index in [4.69, 9.17) is 10.00 Å². The van der Waals surface area contributed by atoms with E-state index in [0.717, 1.165) is 21.3 Å². The second-order valence-corrected chi connectivity index (χ2v) is 5.60. The number of fused-ring (bicyclic) bond motifs is 1. The number of nitrogens with zero attached hydrogens (tertiary/aromatic N) is 1. The number of hydrogen-bond donors (Lipinski definition) is 1. The monoisotopic (exact) mass is 354 g/mol. The molecule has 0 saturated carbocycles. The Labute approximate surface area is 136 Å². The molecule has 2 aromatic rings. The van der Waals surface area contributed by atoms with Crippen molar-refractivity contribution < 1.29 is 9.53 Å². The van der Waals surface area contributed by atoms with Crippen LogP contribution in [-0.2, 0) is 4.79 Å². The number of nitriles is 1. The molecule has 0 aliphatic carbocycles. The first kappa shape index (κ1) is 14.4. The zero-order chi connectivity index (χ0) is 15.7. The van der Waals surface area contributed by atoms with Crippen molar-refractivity contribution in [3.05, 3.63) is 57.6 Å². The van der Waals surface area contributed by atoms with Crippen molar-refractivity contribution in [1.82, 2.24) is 0 Å². The Morgan fingerprint density at radius 2 is 2.14 bits per heavy atom. The smallest absolute Gasteiger partial charge is 0.256 e. The van der Waals surface area contributed by atoms with Crippen molar-refractivity contribution in [3.8, 4) is 11.8 Å². The van der Waals surface area contributed by atoms with Gasteiger partial charge in [0, 0.05) is 11.1 Å². The summed E-state index contributed by atoms with van der Waals surface area (Å²) >= 11 is 3.43. The Morgan fingerprint density at radius 1 is 1.32 bits per heavy atom. The average molecular weight is 355 g/mol. The number of carbonyl (C=O) groups is 1. The van der Waals surface area contributed by atoms with Gasteiger partial charge < -0.3 is 10.1 Å². The summed E-state index contributed by atoms with van der Waals surface area (Å²) in [4.78, 5) is 12.2. The van der Waals surface area contributed by atoms with Gasteiger partial charge in [-0.3, -0.25) is 4.79 Å². The van der Waals surface area contributed by atoms with Gasteiger partial charge in [-0.15, -0.1) is 0 Å². The molecule has 0 atom stereocenters. The van der Waals surface area contributed by atoms with Crippen molar-refractivity contribution in [2.75, 3.05) is 12.4 Å². The Balaban J connectivity index is 2.09. The predicted octanol–water partition coefficient (Wildman–Crippen LogP) is 3.82. The van der Waals surface area contributed by atoms with E-state index in [-0.39, 0.29) is 5.91 Å². The molecule has 0 aromatic heterocycles. The molecule has 1 amide bonds. The molecule has 1 N–H and O–H groups in total. The third kappa shape index (κ3) is 2.38. The minimum atomic E-state index is -0.204. The Hall–Kier alpha value is -2.58. The van der Waals surface area contributed by atoms with Gasteiger partial charge in [-0.25, -0.2) is 0 Å². The highest BCUT2D eigenvalue weighted by Crippen LogP contribution is 2.36. The average Bonchev–Trinajstić information content (AvgIpc) is 2.83. The number of amides is 1. The van der Waals surface area contributed by atoms with Crippen molar-refractivity contribution >= 4 is 39.2 Å². The summed E-state index contributed by atoms with van der Waals surface area (Å²) in [6.45, 7) is 0. The molecule has 2 aromatic carbocycles. The minimum absolute atomic E-state index is 0.204. The molecule has 108 valence electrons. The van der Waals surface area contributed by atoms with Gasteiger partial charge >= 0.3 is 0 Å². The normalized spacial score (nSPS) is 14.4. The summed E-state index contributed by atoms with van der Waals surface area (Å²) in [5, 5.41) is 11.9. The molecular formula is C17H11BrN2O2. The van der Waals surface area contributed by atoms with Crippen molar-refractivity contribution in [3.63, 3.8) is 0 Å². The summed E-state index contributed by atoms with van der Waals surface area (Å²) in [6, 6.07) is 13.0.